The zero-order valence-electron chi connectivity index (χ0n) is 12.2. The molecule has 1 aromatic rings. The van der Waals surface area contributed by atoms with Crippen LogP contribution < -0.4 is 0 Å². The summed E-state index contributed by atoms with van der Waals surface area (Å²) >= 11 is 0. The molecule has 5 heteroatoms. The second-order valence-corrected chi connectivity index (χ2v) is 5.15. The molecule has 1 heterocycles. The predicted molar refractivity (Wildman–Crippen MR) is 82.9 cm³/mol. The van der Waals surface area contributed by atoms with Gasteiger partial charge in [-0.2, -0.15) is 5.26 Å². The first-order valence-electron chi connectivity index (χ1n) is 7.21. The second-order valence-electron chi connectivity index (χ2n) is 5.15. The Balaban J connectivity index is 2.08. The molecule has 5 nitrogen and oxygen atoms in total. The molecule has 1 fully saturated rings. The van der Waals surface area contributed by atoms with Crippen molar-refractivity contribution in [2.45, 2.75) is 19.3 Å². The molecule has 2 N–H and O–H groups in total. The van der Waals surface area contributed by atoms with Gasteiger partial charge in [-0.1, -0.05) is 18.2 Å². The van der Waals surface area contributed by atoms with Crippen molar-refractivity contribution in [3.63, 3.8) is 0 Å². The Morgan fingerprint density at radius 1 is 1.18 bits per heavy atom. The Morgan fingerprint density at radius 3 is 2.55 bits per heavy atom. The topological polar surface area (TPSA) is 84.6 Å². The molecule has 0 saturated carbocycles. The van der Waals surface area contributed by atoms with Crippen molar-refractivity contribution >= 4 is 12.0 Å². The van der Waals surface area contributed by atoms with Crippen molar-refractivity contribution in [1.29, 1.82) is 5.26 Å². The van der Waals surface area contributed by atoms with E-state index in [1.54, 1.807) is 23.1 Å². The molecule has 1 aromatic carbocycles. The Morgan fingerprint density at radius 2 is 1.91 bits per heavy atom. The van der Waals surface area contributed by atoms with Gasteiger partial charge in [0.25, 0.3) is 5.91 Å². The third-order valence-electron chi connectivity index (χ3n) is 3.55. The molecular formula is C17H18N2O3. The van der Waals surface area contributed by atoms with Crippen LogP contribution in [0.1, 0.15) is 24.8 Å². The number of likely N-dealkylation sites (tertiary alicyclic amines) is 1. The number of hydrogen-bond acceptors (Lipinski definition) is 4. The molecule has 0 aliphatic carbocycles. The van der Waals surface area contributed by atoms with Gasteiger partial charge in [-0.3, -0.25) is 4.79 Å². The minimum absolute atomic E-state index is 0.0983. The molecule has 114 valence electrons. The number of piperidine rings is 1. The van der Waals surface area contributed by atoms with Crippen molar-refractivity contribution in [3.05, 3.63) is 41.5 Å². The van der Waals surface area contributed by atoms with Crippen LogP contribution in [0.5, 0.6) is 11.5 Å². The van der Waals surface area contributed by atoms with Crippen molar-refractivity contribution in [1.82, 2.24) is 4.90 Å². The average molecular weight is 298 g/mol. The first-order valence-corrected chi connectivity index (χ1v) is 7.21. The Hall–Kier alpha value is -2.74. The molecule has 0 atom stereocenters. The largest absolute Gasteiger partial charge is 0.504 e. The first kappa shape index (κ1) is 15.6. The van der Waals surface area contributed by atoms with Crippen LogP contribution in [-0.2, 0) is 4.79 Å². The SMILES string of the molecule is N#C/C(=C/C=C/c1ccc(O)c(O)c1)C(=O)N1CCCCC1. The van der Waals surface area contributed by atoms with E-state index in [-0.39, 0.29) is 23.0 Å². The zero-order chi connectivity index (χ0) is 15.9. The van der Waals surface area contributed by atoms with Crippen LogP contribution in [0.2, 0.25) is 0 Å². The van der Waals surface area contributed by atoms with Crippen LogP contribution in [0.4, 0.5) is 0 Å². The molecule has 1 aliphatic rings. The molecule has 1 amide bonds. The number of amides is 1. The van der Waals surface area contributed by atoms with Crippen LogP contribution in [-0.4, -0.2) is 34.1 Å². The van der Waals surface area contributed by atoms with Gasteiger partial charge in [-0.25, -0.2) is 0 Å². The van der Waals surface area contributed by atoms with Gasteiger partial charge in [0.1, 0.15) is 11.6 Å². The molecule has 0 radical (unpaired) electrons. The number of benzene rings is 1. The van der Waals surface area contributed by atoms with E-state index in [1.807, 2.05) is 6.07 Å². The minimum Gasteiger partial charge on any atom is -0.504 e. The number of nitriles is 1. The number of carbonyl (C=O) groups is 1. The maximum atomic E-state index is 12.2. The molecule has 0 bridgehead atoms. The minimum atomic E-state index is -0.236. The van der Waals surface area contributed by atoms with Crippen molar-refractivity contribution in [2.24, 2.45) is 0 Å². The van der Waals surface area contributed by atoms with Crippen LogP contribution in [0.25, 0.3) is 6.08 Å². The predicted octanol–water partition coefficient (Wildman–Crippen LogP) is 2.57. The fraction of sp³-hybridized carbons (Fsp3) is 0.294. The molecule has 0 unspecified atom stereocenters. The maximum Gasteiger partial charge on any atom is 0.264 e. The van der Waals surface area contributed by atoms with Gasteiger partial charge in [0, 0.05) is 13.1 Å². The molecular weight excluding hydrogens is 280 g/mol. The van der Waals surface area contributed by atoms with Crippen molar-refractivity contribution in [3.8, 4) is 17.6 Å². The third kappa shape index (κ3) is 3.89. The molecule has 0 spiro atoms. The number of nitrogens with zero attached hydrogens (tertiary/aromatic N) is 2. The molecule has 1 saturated heterocycles. The van der Waals surface area contributed by atoms with E-state index in [0.717, 1.165) is 19.3 Å². The highest BCUT2D eigenvalue weighted by Gasteiger charge is 2.19. The van der Waals surface area contributed by atoms with Gasteiger partial charge in [0.15, 0.2) is 11.5 Å². The first-order chi connectivity index (χ1) is 10.6. The van der Waals surface area contributed by atoms with Gasteiger partial charge in [0.2, 0.25) is 0 Å². The fourth-order valence-corrected chi connectivity index (χ4v) is 2.32. The summed E-state index contributed by atoms with van der Waals surface area (Å²) in [4.78, 5) is 13.9. The highest BCUT2D eigenvalue weighted by Crippen LogP contribution is 2.25. The standard InChI is InChI=1S/C17H18N2O3/c18-12-14(17(22)19-9-2-1-3-10-19)6-4-5-13-7-8-15(20)16(21)11-13/h4-8,11,20-21H,1-3,9-10H2/b5-4+,14-6-. The number of allylic oxidation sites excluding steroid dienone is 2. The lowest BCUT2D eigenvalue weighted by Gasteiger charge is -2.26. The number of phenolic OH excluding ortho intramolecular Hbond substituents is 2. The summed E-state index contributed by atoms with van der Waals surface area (Å²) in [5.74, 6) is -0.637. The van der Waals surface area contributed by atoms with Gasteiger partial charge in [0.05, 0.1) is 0 Å². The van der Waals surface area contributed by atoms with Crippen molar-refractivity contribution in [2.75, 3.05) is 13.1 Å². The fourth-order valence-electron chi connectivity index (χ4n) is 2.32. The van der Waals surface area contributed by atoms with E-state index < -0.39 is 0 Å². The summed E-state index contributed by atoms with van der Waals surface area (Å²) in [6, 6.07) is 6.34. The molecule has 22 heavy (non-hydrogen) atoms. The normalized spacial score (nSPS) is 15.8. The molecule has 2 rings (SSSR count). The monoisotopic (exact) mass is 298 g/mol. The van der Waals surface area contributed by atoms with Crippen LogP contribution >= 0.6 is 0 Å². The van der Waals surface area contributed by atoms with Crippen LogP contribution in [0.3, 0.4) is 0 Å². The van der Waals surface area contributed by atoms with Gasteiger partial charge < -0.3 is 15.1 Å². The number of carbonyl (C=O) groups excluding carboxylic acids is 1. The quantitative estimate of drug-likeness (QED) is 0.389. The lowest BCUT2D eigenvalue weighted by molar-refractivity contribution is -0.127. The van der Waals surface area contributed by atoms with E-state index in [9.17, 15) is 15.0 Å². The molecule has 1 aliphatic heterocycles. The van der Waals surface area contributed by atoms with Crippen LogP contribution in [0.15, 0.2) is 35.9 Å². The Kier molecular flexibility index (Phi) is 5.21. The summed E-state index contributed by atoms with van der Waals surface area (Å²) in [5, 5.41) is 27.8. The smallest absolute Gasteiger partial charge is 0.264 e. The Bertz CT molecular complexity index is 650. The summed E-state index contributed by atoms with van der Waals surface area (Å²) in [6.45, 7) is 1.40. The second kappa shape index (κ2) is 7.32. The number of phenols is 2. The Labute approximate surface area is 129 Å². The lowest BCUT2D eigenvalue weighted by Crippen LogP contribution is -2.36. The summed E-state index contributed by atoms with van der Waals surface area (Å²) in [5.41, 5.74) is 0.760. The number of hydrogen-bond donors (Lipinski definition) is 2. The van der Waals surface area contributed by atoms with E-state index in [1.165, 1.54) is 18.2 Å². The van der Waals surface area contributed by atoms with E-state index >= 15 is 0 Å². The summed E-state index contributed by atoms with van der Waals surface area (Å²) in [7, 11) is 0. The average Bonchev–Trinajstić information content (AvgIpc) is 2.55. The lowest BCUT2D eigenvalue weighted by atomic mass is 10.1. The highest BCUT2D eigenvalue weighted by molar-refractivity contribution is 5.97. The van der Waals surface area contributed by atoms with E-state index in [0.29, 0.717) is 18.7 Å². The van der Waals surface area contributed by atoms with Gasteiger partial charge in [-0.05, 0) is 43.0 Å². The van der Waals surface area contributed by atoms with E-state index in [2.05, 4.69) is 0 Å². The van der Waals surface area contributed by atoms with Crippen molar-refractivity contribution < 1.29 is 15.0 Å². The zero-order valence-corrected chi connectivity index (χ0v) is 12.2. The van der Waals surface area contributed by atoms with Crippen LogP contribution in [0, 0.1) is 11.3 Å². The van der Waals surface area contributed by atoms with Gasteiger partial charge in [-0.15, -0.1) is 0 Å². The maximum absolute atomic E-state index is 12.2. The van der Waals surface area contributed by atoms with Gasteiger partial charge >= 0.3 is 0 Å². The third-order valence-corrected chi connectivity index (χ3v) is 3.55. The molecule has 0 aromatic heterocycles. The number of rotatable bonds is 3. The summed E-state index contributed by atoms with van der Waals surface area (Å²) in [6.07, 6.45) is 7.80. The van der Waals surface area contributed by atoms with E-state index in [4.69, 9.17) is 5.26 Å². The highest BCUT2D eigenvalue weighted by atomic mass is 16.3. The number of aromatic hydroxyl groups is 2. The summed E-state index contributed by atoms with van der Waals surface area (Å²) < 4.78 is 0.